The first kappa shape index (κ1) is 16.5. The predicted molar refractivity (Wildman–Crippen MR) is 84.5 cm³/mol. The molecular formula is C18H28O3. The largest absolute Gasteiger partial charge is 0.378 e. The van der Waals surface area contributed by atoms with Gasteiger partial charge in [0.25, 0.3) is 0 Å². The second kappa shape index (κ2) is 7.92. The summed E-state index contributed by atoms with van der Waals surface area (Å²) < 4.78 is 17.2. The fraction of sp³-hybridized carbons (Fsp3) is 0.667. The van der Waals surface area contributed by atoms with E-state index in [9.17, 15) is 0 Å². The zero-order chi connectivity index (χ0) is 15.2. The van der Waals surface area contributed by atoms with Gasteiger partial charge in [0.05, 0.1) is 18.8 Å². The molecule has 1 aromatic carbocycles. The summed E-state index contributed by atoms with van der Waals surface area (Å²) in [5.74, 6) is 0. The van der Waals surface area contributed by atoms with Crippen LogP contribution in [0.4, 0.5) is 0 Å². The van der Waals surface area contributed by atoms with Gasteiger partial charge in [-0.1, -0.05) is 31.5 Å². The molecule has 1 heterocycles. The van der Waals surface area contributed by atoms with Crippen molar-refractivity contribution in [2.24, 2.45) is 0 Å². The molecule has 1 saturated heterocycles. The number of aryl methyl sites for hydroxylation is 1. The predicted octanol–water partition coefficient (Wildman–Crippen LogP) is 4.04. The number of hydrogen-bond donors (Lipinski definition) is 0. The number of benzene rings is 1. The van der Waals surface area contributed by atoms with Crippen molar-refractivity contribution in [1.29, 1.82) is 0 Å². The molecule has 0 aliphatic carbocycles. The van der Waals surface area contributed by atoms with Crippen LogP contribution in [0.1, 0.15) is 57.1 Å². The van der Waals surface area contributed by atoms with E-state index in [-0.39, 0.29) is 18.5 Å². The molecular weight excluding hydrogens is 264 g/mol. The molecule has 1 aliphatic rings. The lowest BCUT2D eigenvalue weighted by atomic mass is 9.96. The van der Waals surface area contributed by atoms with Gasteiger partial charge in [-0.25, -0.2) is 0 Å². The molecule has 0 radical (unpaired) electrons. The van der Waals surface area contributed by atoms with Crippen LogP contribution in [0.15, 0.2) is 18.2 Å². The minimum atomic E-state index is -0.200. The van der Waals surface area contributed by atoms with Gasteiger partial charge in [-0.15, -0.1) is 0 Å². The van der Waals surface area contributed by atoms with E-state index in [0.717, 1.165) is 31.4 Å². The van der Waals surface area contributed by atoms with Crippen LogP contribution in [-0.4, -0.2) is 25.4 Å². The van der Waals surface area contributed by atoms with Gasteiger partial charge in [0.1, 0.15) is 0 Å². The minimum absolute atomic E-state index is 0.183. The summed E-state index contributed by atoms with van der Waals surface area (Å²) in [4.78, 5) is 0. The van der Waals surface area contributed by atoms with Crippen molar-refractivity contribution in [2.45, 2.75) is 65.5 Å². The van der Waals surface area contributed by atoms with Gasteiger partial charge < -0.3 is 14.2 Å². The van der Waals surface area contributed by atoms with E-state index in [4.69, 9.17) is 14.2 Å². The van der Waals surface area contributed by atoms with E-state index in [1.165, 1.54) is 11.1 Å². The number of rotatable bonds is 7. The normalized spacial score (nSPS) is 23.4. The van der Waals surface area contributed by atoms with Crippen LogP contribution in [0.25, 0.3) is 0 Å². The summed E-state index contributed by atoms with van der Waals surface area (Å²) in [7, 11) is 0. The third-order valence-corrected chi connectivity index (χ3v) is 3.82. The van der Waals surface area contributed by atoms with Gasteiger partial charge >= 0.3 is 0 Å². The van der Waals surface area contributed by atoms with Crippen LogP contribution < -0.4 is 0 Å². The van der Waals surface area contributed by atoms with Crippen LogP contribution >= 0.6 is 0 Å². The maximum absolute atomic E-state index is 5.79. The zero-order valence-electron chi connectivity index (χ0n) is 13.7. The van der Waals surface area contributed by atoms with Crippen LogP contribution in [0, 0.1) is 0 Å². The van der Waals surface area contributed by atoms with Crippen LogP contribution in [-0.2, 0) is 27.1 Å². The molecule has 0 spiro atoms. The van der Waals surface area contributed by atoms with Crippen molar-refractivity contribution >= 4 is 0 Å². The Morgan fingerprint density at radius 1 is 1.29 bits per heavy atom. The van der Waals surface area contributed by atoms with Crippen molar-refractivity contribution in [3.8, 4) is 0 Å². The van der Waals surface area contributed by atoms with Crippen LogP contribution in [0.5, 0.6) is 0 Å². The second-order valence-corrected chi connectivity index (χ2v) is 5.86. The molecule has 2 rings (SSSR count). The van der Waals surface area contributed by atoms with E-state index in [0.29, 0.717) is 6.61 Å². The molecule has 0 bridgehead atoms. The van der Waals surface area contributed by atoms with E-state index in [1.54, 1.807) is 0 Å². The quantitative estimate of drug-likeness (QED) is 0.759. The maximum Gasteiger partial charge on any atom is 0.184 e. The standard InChI is InChI=1S/C18H28O3/c1-5-7-15-11-17(18-20-12-14(4)21-18)9-8-16(15)10-13(3)19-6-2/h8-9,11,13-14,18H,5-7,10,12H2,1-4H3. The Hall–Kier alpha value is -0.900. The molecule has 3 nitrogen and oxygen atoms in total. The summed E-state index contributed by atoms with van der Waals surface area (Å²) in [5.41, 5.74) is 3.91. The molecule has 0 saturated carbocycles. The zero-order valence-corrected chi connectivity index (χ0v) is 13.7. The molecule has 3 atom stereocenters. The van der Waals surface area contributed by atoms with E-state index >= 15 is 0 Å². The van der Waals surface area contributed by atoms with Crippen molar-refractivity contribution in [1.82, 2.24) is 0 Å². The first-order valence-corrected chi connectivity index (χ1v) is 8.14. The van der Waals surface area contributed by atoms with Gasteiger partial charge in [-0.05, 0) is 44.7 Å². The van der Waals surface area contributed by atoms with Crippen LogP contribution in [0.3, 0.4) is 0 Å². The third kappa shape index (κ3) is 4.53. The molecule has 0 amide bonds. The SMILES string of the molecule is CCCc1cc(C2OCC(C)O2)ccc1CC(C)OCC. The first-order valence-electron chi connectivity index (χ1n) is 8.14. The van der Waals surface area contributed by atoms with E-state index in [2.05, 4.69) is 32.0 Å². The molecule has 118 valence electrons. The Kier molecular flexibility index (Phi) is 6.22. The Bertz CT molecular complexity index is 444. The highest BCUT2D eigenvalue weighted by molar-refractivity contribution is 5.33. The highest BCUT2D eigenvalue weighted by Gasteiger charge is 2.24. The lowest BCUT2D eigenvalue weighted by Gasteiger charge is -2.17. The van der Waals surface area contributed by atoms with Crippen molar-refractivity contribution in [3.05, 3.63) is 34.9 Å². The smallest absolute Gasteiger partial charge is 0.184 e. The topological polar surface area (TPSA) is 27.7 Å². The van der Waals surface area contributed by atoms with Crippen molar-refractivity contribution in [2.75, 3.05) is 13.2 Å². The molecule has 0 aromatic heterocycles. The average molecular weight is 292 g/mol. The molecule has 1 aliphatic heterocycles. The highest BCUT2D eigenvalue weighted by Crippen LogP contribution is 2.29. The summed E-state index contributed by atoms with van der Waals surface area (Å²) in [6.07, 6.45) is 3.44. The minimum Gasteiger partial charge on any atom is -0.378 e. The molecule has 3 heteroatoms. The summed E-state index contributed by atoms with van der Waals surface area (Å²) in [6.45, 7) is 9.89. The van der Waals surface area contributed by atoms with Crippen molar-refractivity contribution in [3.63, 3.8) is 0 Å². The molecule has 21 heavy (non-hydrogen) atoms. The van der Waals surface area contributed by atoms with Crippen LogP contribution in [0.2, 0.25) is 0 Å². The lowest BCUT2D eigenvalue weighted by Crippen LogP contribution is -2.13. The lowest BCUT2D eigenvalue weighted by molar-refractivity contribution is -0.0572. The number of ether oxygens (including phenoxy) is 3. The fourth-order valence-corrected chi connectivity index (χ4v) is 2.83. The highest BCUT2D eigenvalue weighted by atomic mass is 16.7. The van der Waals surface area contributed by atoms with Gasteiger partial charge in [-0.2, -0.15) is 0 Å². The summed E-state index contributed by atoms with van der Waals surface area (Å²) in [5, 5.41) is 0. The number of hydrogen-bond acceptors (Lipinski definition) is 3. The first-order chi connectivity index (χ1) is 10.1. The van der Waals surface area contributed by atoms with Gasteiger partial charge in [0.15, 0.2) is 6.29 Å². The maximum atomic E-state index is 5.79. The van der Waals surface area contributed by atoms with E-state index in [1.807, 2.05) is 13.8 Å². The van der Waals surface area contributed by atoms with Gasteiger partial charge in [-0.3, -0.25) is 0 Å². The third-order valence-electron chi connectivity index (χ3n) is 3.82. The Balaban J connectivity index is 2.14. The summed E-state index contributed by atoms with van der Waals surface area (Å²) >= 11 is 0. The molecule has 1 aromatic rings. The monoisotopic (exact) mass is 292 g/mol. The van der Waals surface area contributed by atoms with Gasteiger partial charge in [0.2, 0.25) is 0 Å². The molecule has 0 N–H and O–H groups in total. The average Bonchev–Trinajstić information content (AvgIpc) is 2.88. The fourth-order valence-electron chi connectivity index (χ4n) is 2.83. The Labute approximate surface area is 128 Å². The molecule has 3 unspecified atom stereocenters. The summed E-state index contributed by atoms with van der Waals surface area (Å²) in [6, 6.07) is 6.60. The second-order valence-electron chi connectivity index (χ2n) is 5.86. The Morgan fingerprint density at radius 2 is 2.10 bits per heavy atom. The Morgan fingerprint density at radius 3 is 2.71 bits per heavy atom. The van der Waals surface area contributed by atoms with Crippen molar-refractivity contribution < 1.29 is 14.2 Å². The van der Waals surface area contributed by atoms with E-state index < -0.39 is 0 Å². The molecule has 1 fully saturated rings. The van der Waals surface area contributed by atoms with Gasteiger partial charge in [0, 0.05) is 12.2 Å².